The quantitative estimate of drug-likeness (QED) is 0.877. The van der Waals surface area contributed by atoms with Gasteiger partial charge < -0.3 is 15.0 Å². The molecule has 0 aliphatic carbocycles. The second-order valence-corrected chi connectivity index (χ2v) is 6.23. The van der Waals surface area contributed by atoms with Crippen molar-refractivity contribution in [3.05, 3.63) is 22.4 Å². The molecule has 0 radical (unpaired) electrons. The molecule has 0 aromatic carbocycles. The Morgan fingerprint density at radius 1 is 1.65 bits per heavy atom. The second-order valence-electron chi connectivity index (χ2n) is 5.45. The fraction of sp³-hybridized carbons (Fsp3) is 0.667. The number of rotatable bonds is 6. The van der Waals surface area contributed by atoms with Crippen LogP contribution in [0.15, 0.2) is 16.8 Å². The van der Waals surface area contributed by atoms with Gasteiger partial charge in [0.2, 0.25) is 0 Å². The molecule has 0 unspecified atom stereocenters. The van der Waals surface area contributed by atoms with Gasteiger partial charge in [0.05, 0.1) is 6.61 Å². The van der Waals surface area contributed by atoms with Gasteiger partial charge in [0.15, 0.2) is 0 Å². The molecule has 2 amide bonds. The number of hydrogen-bond acceptors (Lipinski definition) is 3. The van der Waals surface area contributed by atoms with Gasteiger partial charge in [-0.1, -0.05) is 0 Å². The van der Waals surface area contributed by atoms with E-state index in [1.807, 2.05) is 11.8 Å². The predicted octanol–water partition coefficient (Wildman–Crippen LogP) is 2.75. The van der Waals surface area contributed by atoms with Gasteiger partial charge >= 0.3 is 6.03 Å². The summed E-state index contributed by atoms with van der Waals surface area (Å²) in [6.45, 7) is 7.24. The number of carbonyl (C=O) groups is 1. The van der Waals surface area contributed by atoms with E-state index in [4.69, 9.17) is 4.74 Å². The van der Waals surface area contributed by atoms with E-state index in [-0.39, 0.29) is 12.1 Å². The van der Waals surface area contributed by atoms with E-state index < -0.39 is 0 Å². The summed E-state index contributed by atoms with van der Waals surface area (Å²) in [4.78, 5) is 14.1. The number of carbonyl (C=O) groups excluding carboxylic acids is 1. The molecule has 1 N–H and O–H groups in total. The Bertz CT molecular complexity index is 408. The maximum absolute atomic E-state index is 12.2. The maximum atomic E-state index is 12.2. The molecule has 0 spiro atoms. The van der Waals surface area contributed by atoms with Crippen LogP contribution in [0, 0.1) is 5.92 Å². The van der Waals surface area contributed by atoms with Crippen LogP contribution in [0.5, 0.6) is 0 Å². The Hall–Kier alpha value is -1.07. The summed E-state index contributed by atoms with van der Waals surface area (Å²) in [6.07, 6.45) is 1.94. The zero-order chi connectivity index (χ0) is 14.4. The third kappa shape index (κ3) is 4.49. The highest BCUT2D eigenvalue weighted by Gasteiger charge is 2.26. The van der Waals surface area contributed by atoms with Crippen LogP contribution in [0.3, 0.4) is 0 Å². The topological polar surface area (TPSA) is 41.6 Å². The zero-order valence-electron chi connectivity index (χ0n) is 12.3. The number of urea groups is 1. The largest absolute Gasteiger partial charge is 0.381 e. The van der Waals surface area contributed by atoms with Gasteiger partial charge in [-0.2, -0.15) is 11.3 Å². The minimum absolute atomic E-state index is 0.0618. The Kier molecular flexibility index (Phi) is 5.86. The fourth-order valence-corrected chi connectivity index (χ4v) is 3.23. The van der Waals surface area contributed by atoms with E-state index in [0.29, 0.717) is 5.92 Å². The van der Waals surface area contributed by atoms with Crippen LogP contribution in [0.4, 0.5) is 4.79 Å². The van der Waals surface area contributed by atoms with Gasteiger partial charge in [0, 0.05) is 31.7 Å². The van der Waals surface area contributed by atoms with Crippen LogP contribution in [-0.2, 0) is 11.2 Å². The highest BCUT2D eigenvalue weighted by Crippen LogP contribution is 2.17. The summed E-state index contributed by atoms with van der Waals surface area (Å²) in [6, 6.07) is 2.34. The third-order valence-corrected chi connectivity index (χ3v) is 4.35. The zero-order valence-corrected chi connectivity index (χ0v) is 13.1. The number of likely N-dealkylation sites (tertiary alicyclic amines) is 1. The van der Waals surface area contributed by atoms with Gasteiger partial charge in [-0.25, -0.2) is 4.79 Å². The SMILES string of the molecule is CCOC[C@@H]1CCN(C(=O)N[C@@H](C)Cc2ccsc2)C1. The van der Waals surface area contributed by atoms with Crippen molar-refractivity contribution in [1.82, 2.24) is 10.2 Å². The molecule has 4 nitrogen and oxygen atoms in total. The van der Waals surface area contributed by atoms with E-state index in [1.165, 1.54) is 5.56 Å². The highest BCUT2D eigenvalue weighted by molar-refractivity contribution is 7.07. The van der Waals surface area contributed by atoms with Gasteiger partial charge in [-0.15, -0.1) is 0 Å². The van der Waals surface area contributed by atoms with Crippen molar-refractivity contribution in [2.75, 3.05) is 26.3 Å². The van der Waals surface area contributed by atoms with Crippen molar-refractivity contribution in [3.8, 4) is 0 Å². The standard InChI is InChI=1S/C15H24N2O2S/c1-3-19-10-14-4-6-17(9-14)15(18)16-12(2)8-13-5-7-20-11-13/h5,7,11-12,14H,3-4,6,8-10H2,1-2H3,(H,16,18)/t12-,14+/m0/s1. The van der Waals surface area contributed by atoms with E-state index in [2.05, 4.69) is 29.1 Å². The van der Waals surface area contributed by atoms with Crippen molar-refractivity contribution in [2.24, 2.45) is 5.92 Å². The monoisotopic (exact) mass is 296 g/mol. The smallest absolute Gasteiger partial charge is 0.317 e. The van der Waals surface area contributed by atoms with Crippen LogP contribution in [-0.4, -0.2) is 43.3 Å². The second kappa shape index (κ2) is 7.64. The number of ether oxygens (including phenoxy) is 1. The van der Waals surface area contributed by atoms with Crippen LogP contribution >= 0.6 is 11.3 Å². The normalized spacial score (nSPS) is 20.1. The fourth-order valence-electron chi connectivity index (χ4n) is 2.55. The summed E-state index contributed by atoms with van der Waals surface area (Å²) in [5.74, 6) is 0.493. The molecular weight excluding hydrogens is 272 g/mol. The molecule has 20 heavy (non-hydrogen) atoms. The summed E-state index contributed by atoms with van der Waals surface area (Å²) >= 11 is 1.70. The lowest BCUT2D eigenvalue weighted by atomic mass is 10.1. The molecule has 1 aliphatic rings. The molecule has 1 saturated heterocycles. The Balaban J connectivity index is 1.72. The first-order valence-corrected chi connectivity index (χ1v) is 8.27. The molecule has 1 aliphatic heterocycles. The first-order chi connectivity index (χ1) is 9.69. The lowest BCUT2D eigenvalue weighted by Gasteiger charge is -2.21. The molecule has 2 heterocycles. The molecule has 0 bridgehead atoms. The van der Waals surface area contributed by atoms with Crippen molar-refractivity contribution in [1.29, 1.82) is 0 Å². The average Bonchev–Trinajstić information content (AvgIpc) is 3.07. The van der Waals surface area contributed by atoms with Crippen LogP contribution < -0.4 is 5.32 Å². The van der Waals surface area contributed by atoms with Gasteiger partial charge in [0.25, 0.3) is 0 Å². The first kappa shape index (κ1) is 15.3. The lowest BCUT2D eigenvalue weighted by Crippen LogP contribution is -2.43. The number of amides is 2. The predicted molar refractivity (Wildman–Crippen MR) is 82.2 cm³/mol. The van der Waals surface area contributed by atoms with E-state index >= 15 is 0 Å². The average molecular weight is 296 g/mol. The van der Waals surface area contributed by atoms with Crippen molar-refractivity contribution in [2.45, 2.75) is 32.7 Å². The van der Waals surface area contributed by atoms with Crippen LogP contribution in [0.1, 0.15) is 25.8 Å². The molecule has 112 valence electrons. The van der Waals surface area contributed by atoms with Crippen molar-refractivity contribution in [3.63, 3.8) is 0 Å². The Labute approximate surface area is 125 Å². The van der Waals surface area contributed by atoms with E-state index in [1.54, 1.807) is 11.3 Å². The maximum Gasteiger partial charge on any atom is 0.317 e. The van der Waals surface area contributed by atoms with Crippen LogP contribution in [0.25, 0.3) is 0 Å². The Morgan fingerprint density at radius 2 is 2.50 bits per heavy atom. The lowest BCUT2D eigenvalue weighted by molar-refractivity contribution is 0.113. The summed E-state index contributed by atoms with van der Waals surface area (Å²) in [7, 11) is 0. The third-order valence-electron chi connectivity index (χ3n) is 3.62. The molecule has 2 rings (SSSR count). The molecule has 1 aromatic heterocycles. The van der Waals surface area contributed by atoms with Gasteiger partial charge in [-0.05, 0) is 49.1 Å². The number of thiophene rings is 1. The Morgan fingerprint density at radius 3 is 3.20 bits per heavy atom. The van der Waals surface area contributed by atoms with Crippen molar-refractivity contribution >= 4 is 17.4 Å². The number of hydrogen-bond donors (Lipinski definition) is 1. The first-order valence-electron chi connectivity index (χ1n) is 7.33. The number of nitrogens with one attached hydrogen (secondary N) is 1. The van der Waals surface area contributed by atoms with Gasteiger partial charge in [-0.3, -0.25) is 0 Å². The molecular formula is C15H24N2O2S. The van der Waals surface area contributed by atoms with Gasteiger partial charge in [0.1, 0.15) is 0 Å². The molecule has 1 aromatic rings. The minimum Gasteiger partial charge on any atom is -0.381 e. The molecule has 1 fully saturated rings. The van der Waals surface area contributed by atoms with E-state index in [0.717, 1.165) is 39.1 Å². The molecule has 5 heteroatoms. The summed E-state index contributed by atoms with van der Waals surface area (Å²) in [5.41, 5.74) is 1.29. The highest BCUT2D eigenvalue weighted by atomic mass is 32.1. The minimum atomic E-state index is 0.0618. The van der Waals surface area contributed by atoms with Crippen molar-refractivity contribution < 1.29 is 9.53 Å². The summed E-state index contributed by atoms with van der Waals surface area (Å²) < 4.78 is 5.44. The molecule has 0 saturated carbocycles. The van der Waals surface area contributed by atoms with Crippen LogP contribution in [0.2, 0.25) is 0 Å². The summed E-state index contributed by atoms with van der Waals surface area (Å²) in [5, 5.41) is 7.30. The van der Waals surface area contributed by atoms with E-state index in [9.17, 15) is 4.79 Å². The molecule has 2 atom stereocenters. The number of nitrogens with zero attached hydrogens (tertiary/aromatic N) is 1.